The Bertz CT molecular complexity index is 499. The van der Waals surface area contributed by atoms with Crippen molar-refractivity contribution in [3.05, 3.63) is 42.0 Å². The van der Waals surface area contributed by atoms with Crippen LogP contribution in [0.15, 0.2) is 35.7 Å². The van der Waals surface area contributed by atoms with Crippen LogP contribution in [0.2, 0.25) is 0 Å². The third-order valence-electron chi connectivity index (χ3n) is 2.35. The Morgan fingerprint density at radius 3 is 2.78 bits per heavy atom. The fourth-order valence-corrected chi connectivity index (χ4v) is 2.17. The molecule has 0 aliphatic carbocycles. The van der Waals surface area contributed by atoms with Crippen LogP contribution in [0.4, 0.5) is 4.39 Å². The molecule has 0 atom stereocenters. The zero-order valence-electron chi connectivity index (χ0n) is 9.60. The summed E-state index contributed by atoms with van der Waals surface area (Å²) in [6.45, 7) is 0. The molecule has 0 bridgehead atoms. The van der Waals surface area contributed by atoms with E-state index in [9.17, 15) is 9.18 Å². The highest BCUT2D eigenvalue weighted by atomic mass is 32.2. The third kappa shape index (κ3) is 3.66. The first-order valence-electron chi connectivity index (χ1n) is 5.52. The van der Waals surface area contributed by atoms with Crippen LogP contribution >= 0.6 is 11.8 Å². The Hall–Kier alpha value is -1.69. The molecule has 1 aromatic carbocycles. The van der Waals surface area contributed by atoms with Crippen LogP contribution in [0.25, 0.3) is 0 Å². The fraction of sp³-hybridized carbons (Fsp3) is 0.250. The smallest absolute Gasteiger partial charge is 0.183 e. The summed E-state index contributed by atoms with van der Waals surface area (Å²) < 4.78 is 12.7. The minimum Gasteiger partial charge on any atom is -0.294 e. The maximum absolute atomic E-state index is 12.7. The van der Waals surface area contributed by atoms with E-state index in [0.717, 1.165) is 17.3 Å². The van der Waals surface area contributed by atoms with Gasteiger partial charge in [-0.3, -0.25) is 9.89 Å². The number of benzene rings is 1. The average molecular weight is 265 g/mol. The first-order chi connectivity index (χ1) is 8.75. The zero-order valence-corrected chi connectivity index (χ0v) is 10.4. The topological polar surface area (TPSA) is 58.6 Å². The van der Waals surface area contributed by atoms with Gasteiger partial charge >= 0.3 is 0 Å². The molecule has 1 heterocycles. The number of thioether (sulfide) groups is 1. The van der Waals surface area contributed by atoms with Crippen molar-refractivity contribution >= 4 is 17.5 Å². The van der Waals surface area contributed by atoms with Gasteiger partial charge in [0.25, 0.3) is 0 Å². The van der Waals surface area contributed by atoms with Crippen LogP contribution in [0.5, 0.6) is 0 Å². The number of carbonyl (C=O) groups excluding carboxylic acids is 1. The number of carbonyl (C=O) groups is 1. The highest BCUT2D eigenvalue weighted by Crippen LogP contribution is 2.14. The average Bonchev–Trinajstić information content (AvgIpc) is 2.88. The molecular formula is C12H12FN3OS. The van der Waals surface area contributed by atoms with Crippen molar-refractivity contribution in [1.29, 1.82) is 0 Å². The van der Waals surface area contributed by atoms with Crippen molar-refractivity contribution in [3.8, 4) is 0 Å². The van der Waals surface area contributed by atoms with Gasteiger partial charge in [-0.2, -0.15) is 5.10 Å². The van der Waals surface area contributed by atoms with Crippen LogP contribution in [0, 0.1) is 5.82 Å². The largest absolute Gasteiger partial charge is 0.294 e. The second kappa shape index (κ2) is 6.30. The summed E-state index contributed by atoms with van der Waals surface area (Å²) in [5, 5.41) is 7.22. The highest BCUT2D eigenvalue weighted by molar-refractivity contribution is 7.99. The summed E-state index contributed by atoms with van der Waals surface area (Å²) in [7, 11) is 0. The summed E-state index contributed by atoms with van der Waals surface area (Å²) in [6.07, 6.45) is 2.65. The molecule has 94 valence electrons. The molecule has 0 saturated heterocycles. The minimum atomic E-state index is -0.326. The van der Waals surface area contributed by atoms with Crippen molar-refractivity contribution in [1.82, 2.24) is 15.2 Å². The molecule has 2 rings (SSSR count). The molecule has 1 N–H and O–H groups in total. The number of rotatable bonds is 6. The molecule has 2 aromatic rings. The number of nitrogens with zero attached hydrogens (tertiary/aromatic N) is 2. The molecule has 0 radical (unpaired) electrons. The van der Waals surface area contributed by atoms with E-state index < -0.39 is 0 Å². The SMILES string of the molecule is O=C(CCCSc1ncn[nH]1)c1ccc(F)cc1. The second-order valence-corrected chi connectivity index (χ2v) is 4.76. The maximum Gasteiger partial charge on any atom is 0.183 e. The van der Waals surface area contributed by atoms with Gasteiger partial charge in [0.2, 0.25) is 0 Å². The number of halogens is 1. The summed E-state index contributed by atoms with van der Waals surface area (Å²) in [6, 6.07) is 5.63. The Balaban J connectivity index is 1.73. The number of Topliss-reactive ketones (excluding diaryl/α,β-unsaturated/α-hetero) is 1. The number of hydrogen-bond acceptors (Lipinski definition) is 4. The van der Waals surface area contributed by atoms with Crippen LogP contribution in [-0.4, -0.2) is 26.7 Å². The first-order valence-corrected chi connectivity index (χ1v) is 6.51. The van der Waals surface area contributed by atoms with E-state index in [0.29, 0.717) is 12.0 Å². The van der Waals surface area contributed by atoms with Crippen molar-refractivity contribution in [2.45, 2.75) is 18.0 Å². The van der Waals surface area contributed by atoms with Gasteiger partial charge in [0, 0.05) is 17.7 Å². The Kier molecular flexibility index (Phi) is 4.46. The Morgan fingerprint density at radius 2 is 2.11 bits per heavy atom. The molecule has 0 saturated carbocycles. The predicted molar refractivity (Wildman–Crippen MR) is 67.1 cm³/mol. The molecule has 18 heavy (non-hydrogen) atoms. The molecule has 1 aromatic heterocycles. The molecule has 0 aliphatic rings. The van der Waals surface area contributed by atoms with E-state index in [4.69, 9.17) is 0 Å². The monoisotopic (exact) mass is 265 g/mol. The summed E-state index contributed by atoms with van der Waals surface area (Å²) in [5.41, 5.74) is 0.557. The maximum atomic E-state index is 12.7. The van der Waals surface area contributed by atoms with Crippen LogP contribution in [0.3, 0.4) is 0 Å². The molecule has 0 spiro atoms. The summed E-state index contributed by atoms with van der Waals surface area (Å²) in [4.78, 5) is 15.7. The predicted octanol–water partition coefficient (Wildman–Crippen LogP) is 2.70. The Labute approximate surface area is 108 Å². The van der Waals surface area contributed by atoms with Gasteiger partial charge in [0.1, 0.15) is 12.1 Å². The zero-order chi connectivity index (χ0) is 12.8. The van der Waals surface area contributed by atoms with Gasteiger partial charge in [-0.15, -0.1) is 0 Å². The van der Waals surface area contributed by atoms with Crippen molar-refractivity contribution in [3.63, 3.8) is 0 Å². The molecular weight excluding hydrogens is 253 g/mol. The standard InChI is InChI=1S/C12H12FN3OS/c13-10-5-3-9(4-6-10)11(17)2-1-7-18-12-14-8-15-16-12/h3-6,8H,1-2,7H2,(H,14,15,16). The van der Waals surface area contributed by atoms with E-state index >= 15 is 0 Å². The number of hydrogen-bond donors (Lipinski definition) is 1. The van der Waals surface area contributed by atoms with Crippen molar-refractivity contribution < 1.29 is 9.18 Å². The van der Waals surface area contributed by atoms with Gasteiger partial charge < -0.3 is 0 Å². The molecule has 0 amide bonds. The van der Waals surface area contributed by atoms with E-state index in [1.54, 1.807) is 0 Å². The minimum absolute atomic E-state index is 0.0353. The fourth-order valence-electron chi connectivity index (χ4n) is 1.45. The lowest BCUT2D eigenvalue weighted by Crippen LogP contribution is -1.99. The van der Waals surface area contributed by atoms with Gasteiger partial charge in [0.05, 0.1) is 0 Å². The van der Waals surface area contributed by atoms with Crippen LogP contribution in [-0.2, 0) is 0 Å². The lowest BCUT2D eigenvalue weighted by molar-refractivity contribution is 0.0982. The van der Waals surface area contributed by atoms with Gasteiger partial charge in [-0.1, -0.05) is 11.8 Å². The normalized spacial score (nSPS) is 10.5. The number of aromatic amines is 1. The number of ketones is 1. The van der Waals surface area contributed by atoms with Gasteiger partial charge in [0.15, 0.2) is 10.9 Å². The van der Waals surface area contributed by atoms with E-state index in [-0.39, 0.29) is 11.6 Å². The third-order valence-corrected chi connectivity index (χ3v) is 3.31. The quantitative estimate of drug-likeness (QED) is 0.495. The van der Waals surface area contributed by atoms with Crippen molar-refractivity contribution in [2.75, 3.05) is 5.75 Å². The number of H-pyrrole nitrogens is 1. The molecule has 4 nitrogen and oxygen atoms in total. The van der Waals surface area contributed by atoms with Gasteiger partial charge in [-0.25, -0.2) is 9.37 Å². The highest BCUT2D eigenvalue weighted by Gasteiger charge is 2.06. The van der Waals surface area contributed by atoms with E-state index in [1.807, 2.05) is 0 Å². The molecule has 0 aliphatic heterocycles. The van der Waals surface area contributed by atoms with Crippen molar-refractivity contribution in [2.24, 2.45) is 0 Å². The Morgan fingerprint density at radius 1 is 1.33 bits per heavy atom. The second-order valence-electron chi connectivity index (χ2n) is 3.67. The van der Waals surface area contributed by atoms with Crippen LogP contribution < -0.4 is 0 Å². The first kappa shape index (κ1) is 12.8. The molecule has 6 heteroatoms. The lowest BCUT2D eigenvalue weighted by atomic mass is 10.1. The lowest BCUT2D eigenvalue weighted by Gasteiger charge is -2.00. The van der Waals surface area contributed by atoms with Gasteiger partial charge in [-0.05, 0) is 30.7 Å². The number of aromatic nitrogens is 3. The van der Waals surface area contributed by atoms with E-state index in [2.05, 4.69) is 15.2 Å². The number of nitrogens with one attached hydrogen (secondary N) is 1. The molecule has 0 fully saturated rings. The molecule has 0 unspecified atom stereocenters. The van der Waals surface area contributed by atoms with Crippen LogP contribution in [0.1, 0.15) is 23.2 Å². The van der Waals surface area contributed by atoms with E-state index in [1.165, 1.54) is 42.4 Å². The summed E-state index contributed by atoms with van der Waals surface area (Å²) >= 11 is 1.53. The summed E-state index contributed by atoms with van der Waals surface area (Å²) in [5.74, 6) is 0.503.